The smallest absolute Gasteiger partial charge is 0.338 e. The Kier molecular flexibility index (Phi) is 3.99. The van der Waals surface area contributed by atoms with Crippen molar-refractivity contribution >= 4 is 11.8 Å². The van der Waals surface area contributed by atoms with Crippen LogP contribution in [0.4, 0.5) is 0 Å². The van der Waals surface area contributed by atoms with Crippen LogP contribution in [0, 0.1) is 45.8 Å². The second-order valence-electron chi connectivity index (χ2n) is 13.8. The van der Waals surface area contributed by atoms with E-state index < -0.39 is 28.5 Å². The molecule has 0 unspecified atom stereocenters. The first-order chi connectivity index (χ1) is 15.9. The van der Waals surface area contributed by atoms with E-state index in [-0.39, 0.29) is 46.8 Å². The van der Waals surface area contributed by atoms with Crippen molar-refractivity contribution in [3.63, 3.8) is 0 Å². The maximum absolute atomic E-state index is 13.3. The minimum Gasteiger partial charge on any atom is -0.460 e. The van der Waals surface area contributed by atoms with Gasteiger partial charge in [-0.25, -0.2) is 4.79 Å². The lowest BCUT2D eigenvalue weighted by Gasteiger charge is -2.57. The van der Waals surface area contributed by atoms with Crippen molar-refractivity contribution in [2.45, 2.75) is 102 Å². The predicted molar refractivity (Wildman–Crippen MR) is 122 cm³/mol. The summed E-state index contributed by atoms with van der Waals surface area (Å²) in [6.45, 7) is 8.10. The van der Waals surface area contributed by atoms with Gasteiger partial charge in [0.2, 0.25) is 0 Å². The van der Waals surface area contributed by atoms with Crippen molar-refractivity contribution in [2.75, 3.05) is 0 Å². The third kappa shape index (κ3) is 2.22. The maximum Gasteiger partial charge on any atom is 0.338 e. The van der Waals surface area contributed by atoms with E-state index in [0.29, 0.717) is 24.7 Å². The minimum atomic E-state index is -1.49. The SMILES string of the molecule is C[C@]12CC[C@H]3[C@@H](C[C@@H]4O[C@]45CC=CC(=O)[C@]35C)[C@@H]1C[C@@H](O)[C@@H]2[C@@H]1C[C@]2(C)C[C@H]1OC(=O)[C@]2(C)O. The van der Waals surface area contributed by atoms with Gasteiger partial charge in [0, 0.05) is 11.3 Å². The lowest BCUT2D eigenvalue weighted by Crippen LogP contribution is -2.60. The van der Waals surface area contributed by atoms with Crippen LogP contribution in [0.2, 0.25) is 0 Å². The number of rotatable bonds is 1. The van der Waals surface area contributed by atoms with E-state index in [0.717, 1.165) is 32.1 Å². The normalized spacial score (nSPS) is 63.5. The molecule has 34 heavy (non-hydrogen) atoms. The first-order valence-electron chi connectivity index (χ1n) is 13.4. The molecule has 0 aromatic carbocycles. The molecular weight excluding hydrogens is 432 g/mol. The maximum atomic E-state index is 13.3. The lowest BCUT2D eigenvalue weighted by molar-refractivity contribution is -0.195. The lowest BCUT2D eigenvalue weighted by atomic mass is 9.44. The number of carbonyl (C=O) groups excluding carboxylic acids is 2. The van der Waals surface area contributed by atoms with Crippen LogP contribution in [0.3, 0.4) is 0 Å². The molecule has 6 nitrogen and oxygen atoms in total. The number of esters is 1. The van der Waals surface area contributed by atoms with E-state index in [1.807, 2.05) is 13.0 Å². The number of hydrogen-bond acceptors (Lipinski definition) is 6. The zero-order valence-electron chi connectivity index (χ0n) is 20.8. The molecule has 2 heterocycles. The van der Waals surface area contributed by atoms with Crippen LogP contribution >= 0.6 is 0 Å². The van der Waals surface area contributed by atoms with Gasteiger partial charge in [-0.3, -0.25) is 4.79 Å². The molecule has 186 valence electrons. The van der Waals surface area contributed by atoms with E-state index in [1.54, 1.807) is 13.0 Å². The molecule has 1 spiro atoms. The van der Waals surface area contributed by atoms with Crippen LogP contribution < -0.4 is 0 Å². The molecule has 2 aliphatic heterocycles. The van der Waals surface area contributed by atoms with Crippen molar-refractivity contribution in [3.05, 3.63) is 12.2 Å². The van der Waals surface area contributed by atoms with Crippen LogP contribution in [-0.2, 0) is 19.1 Å². The Morgan fingerprint density at radius 3 is 2.56 bits per heavy atom. The van der Waals surface area contributed by atoms with Gasteiger partial charge in [-0.2, -0.15) is 0 Å². The van der Waals surface area contributed by atoms with Crippen LogP contribution in [0.5, 0.6) is 0 Å². The van der Waals surface area contributed by atoms with E-state index in [1.165, 1.54) is 0 Å². The summed E-state index contributed by atoms with van der Waals surface area (Å²) in [5, 5.41) is 22.5. The van der Waals surface area contributed by atoms with Crippen molar-refractivity contribution in [3.8, 4) is 0 Å². The fraction of sp³-hybridized carbons (Fsp3) is 0.857. The third-order valence-corrected chi connectivity index (χ3v) is 12.8. The molecular formula is C28H38O6. The van der Waals surface area contributed by atoms with Crippen LogP contribution in [0.15, 0.2) is 12.2 Å². The van der Waals surface area contributed by atoms with Crippen molar-refractivity contribution < 1.29 is 29.3 Å². The quantitative estimate of drug-likeness (QED) is 0.451. The van der Waals surface area contributed by atoms with Gasteiger partial charge in [-0.15, -0.1) is 0 Å². The second kappa shape index (κ2) is 6.18. The molecule has 6 fully saturated rings. The Bertz CT molecular complexity index is 1020. The topological polar surface area (TPSA) is 96.4 Å². The largest absolute Gasteiger partial charge is 0.460 e. The second-order valence-corrected chi connectivity index (χ2v) is 13.8. The van der Waals surface area contributed by atoms with Gasteiger partial charge in [0.05, 0.1) is 17.6 Å². The van der Waals surface area contributed by atoms with E-state index in [2.05, 4.69) is 13.8 Å². The Morgan fingerprint density at radius 1 is 1.03 bits per heavy atom. The van der Waals surface area contributed by atoms with E-state index >= 15 is 0 Å². The molecule has 0 aromatic heterocycles. The van der Waals surface area contributed by atoms with Gasteiger partial charge in [0.25, 0.3) is 0 Å². The van der Waals surface area contributed by atoms with Crippen molar-refractivity contribution in [1.29, 1.82) is 0 Å². The van der Waals surface area contributed by atoms with Crippen molar-refractivity contribution in [2.24, 2.45) is 45.8 Å². The highest BCUT2D eigenvalue weighted by Crippen LogP contribution is 2.74. The summed E-state index contributed by atoms with van der Waals surface area (Å²) >= 11 is 0. The first kappa shape index (κ1) is 22.0. The number of ketones is 1. The summed E-state index contributed by atoms with van der Waals surface area (Å²) < 4.78 is 12.2. The Hall–Kier alpha value is -1.24. The fourth-order valence-corrected chi connectivity index (χ4v) is 10.6. The third-order valence-electron chi connectivity index (χ3n) is 12.8. The molecule has 6 heteroatoms. The highest BCUT2D eigenvalue weighted by Gasteiger charge is 2.78. The number of aliphatic hydroxyl groups excluding tert-OH is 1. The summed E-state index contributed by atoms with van der Waals surface area (Å²) in [6.07, 6.45) is 9.10. The number of ether oxygens (including phenoxy) is 2. The summed E-state index contributed by atoms with van der Waals surface area (Å²) in [5.41, 5.74) is -2.86. The minimum absolute atomic E-state index is 0.0357. The average Bonchev–Trinajstić information content (AvgIpc) is 3.28. The zero-order chi connectivity index (χ0) is 24.1. The number of allylic oxidation sites excluding steroid dienone is 1. The number of carbonyl (C=O) groups is 2. The van der Waals surface area contributed by atoms with Gasteiger partial charge in [0.1, 0.15) is 11.7 Å². The molecule has 2 N–H and O–H groups in total. The molecule has 7 aliphatic rings. The molecule has 0 radical (unpaired) electrons. The molecule has 2 bridgehead atoms. The average molecular weight is 471 g/mol. The summed E-state index contributed by atoms with van der Waals surface area (Å²) in [7, 11) is 0. The standard InChI is InChI=1S/C28H38O6/c1-24-12-15(19(13-24)33-23(31)27(24,4)32)22-18(29)11-17-14-10-21-28(34-21)8-5-6-20(30)26(28,3)16(14)7-9-25(17,22)2/h5-6,14-19,21-22,29,32H,7-13H2,1-4H3/t14-,15-,16+,17+,18-,19-,21+,22+,24-,25+,26+,27+,28-/m1/s1. The monoisotopic (exact) mass is 470 g/mol. The zero-order valence-corrected chi connectivity index (χ0v) is 20.8. The van der Waals surface area contributed by atoms with Crippen molar-refractivity contribution in [1.82, 2.24) is 0 Å². The van der Waals surface area contributed by atoms with Gasteiger partial charge in [0.15, 0.2) is 11.4 Å². The Balaban J connectivity index is 1.23. The van der Waals surface area contributed by atoms with Crippen LogP contribution in [0.25, 0.3) is 0 Å². The van der Waals surface area contributed by atoms with Crippen LogP contribution in [0.1, 0.15) is 72.6 Å². The summed E-state index contributed by atoms with van der Waals surface area (Å²) in [4.78, 5) is 25.9. The molecule has 13 atom stereocenters. The van der Waals surface area contributed by atoms with Gasteiger partial charge >= 0.3 is 5.97 Å². The summed E-state index contributed by atoms with van der Waals surface area (Å²) in [6, 6.07) is 0. The van der Waals surface area contributed by atoms with Gasteiger partial charge in [-0.05, 0) is 94.0 Å². The molecule has 7 rings (SSSR count). The van der Waals surface area contributed by atoms with E-state index in [9.17, 15) is 19.8 Å². The molecule has 4 saturated carbocycles. The number of hydrogen-bond donors (Lipinski definition) is 2. The summed E-state index contributed by atoms with van der Waals surface area (Å²) in [5.74, 6) is 0.772. The molecule has 2 saturated heterocycles. The molecule has 0 aromatic rings. The Morgan fingerprint density at radius 2 is 1.79 bits per heavy atom. The van der Waals surface area contributed by atoms with E-state index in [4.69, 9.17) is 9.47 Å². The van der Waals surface area contributed by atoms with Gasteiger partial charge < -0.3 is 19.7 Å². The number of fused-ring (bicyclic) bond motifs is 6. The fourth-order valence-electron chi connectivity index (χ4n) is 10.6. The first-order valence-corrected chi connectivity index (χ1v) is 13.4. The number of epoxide rings is 1. The van der Waals surface area contributed by atoms with Gasteiger partial charge in [-0.1, -0.05) is 19.9 Å². The highest BCUT2D eigenvalue weighted by molar-refractivity contribution is 5.97. The number of aliphatic hydroxyl groups is 2. The van der Waals surface area contributed by atoms with Crippen LogP contribution in [-0.4, -0.2) is 51.5 Å². The molecule has 0 amide bonds. The predicted octanol–water partition coefficient (Wildman–Crippen LogP) is 3.19. The Labute approximate surface area is 201 Å². The highest BCUT2D eigenvalue weighted by atomic mass is 16.6. The molecule has 5 aliphatic carbocycles.